The average Bonchev–Trinajstić information content (AvgIpc) is 3.12. The summed E-state index contributed by atoms with van der Waals surface area (Å²) in [6.45, 7) is 0. The van der Waals surface area contributed by atoms with Gasteiger partial charge in [-0.25, -0.2) is 14.8 Å². The number of anilines is 1. The van der Waals surface area contributed by atoms with Gasteiger partial charge in [0, 0.05) is 19.8 Å². The van der Waals surface area contributed by atoms with Crippen molar-refractivity contribution in [3.63, 3.8) is 0 Å². The number of thioether (sulfide) groups is 1. The number of rotatable bonds is 4. The van der Waals surface area contributed by atoms with Crippen molar-refractivity contribution in [2.24, 2.45) is 0 Å². The van der Waals surface area contributed by atoms with Crippen LogP contribution < -0.4 is 10.3 Å². The van der Waals surface area contributed by atoms with Gasteiger partial charge in [-0.05, 0) is 47.5 Å². The first-order valence-corrected chi connectivity index (χ1v) is 10.2. The van der Waals surface area contributed by atoms with Crippen LogP contribution in [0.5, 0.6) is 0 Å². The van der Waals surface area contributed by atoms with Crippen molar-refractivity contribution >= 4 is 23.4 Å². The summed E-state index contributed by atoms with van der Waals surface area (Å²) < 4.78 is 94.8. The highest BCUT2D eigenvalue weighted by molar-refractivity contribution is 7.99. The van der Waals surface area contributed by atoms with Crippen LogP contribution in [0.15, 0.2) is 36.4 Å². The van der Waals surface area contributed by atoms with Crippen molar-refractivity contribution in [3.8, 4) is 0 Å². The maximum Gasteiger partial charge on any atom is 0.416 e. The van der Waals surface area contributed by atoms with Gasteiger partial charge in [-0.3, -0.25) is 4.79 Å². The van der Waals surface area contributed by atoms with Crippen LogP contribution in [0.1, 0.15) is 27.6 Å². The normalized spacial score (nSPS) is 17.6. The molecule has 1 amide bonds. The zero-order valence-corrected chi connectivity index (χ0v) is 17.6. The zero-order valence-electron chi connectivity index (χ0n) is 16.8. The van der Waals surface area contributed by atoms with Gasteiger partial charge in [-0.1, -0.05) is 0 Å². The molecule has 0 saturated carbocycles. The lowest BCUT2D eigenvalue weighted by atomic mass is 9.93. The first kappa shape index (κ1) is 24.3. The Labute approximate surface area is 183 Å². The Hall–Kier alpha value is -2.31. The first-order valence-electron chi connectivity index (χ1n) is 9.20. The molecule has 12 heteroatoms. The van der Waals surface area contributed by atoms with Crippen LogP contribution in [0.4, 0.5) is 36.4 Å². The highest BCUT2D eigenvalue weighted by atomic mass is 32.2. The van der Waals surface area contributed by atoms with E-state index in [-0.39, 0.29) is 23.2 Å². The summed E-state index contributed by atoms with van der Waals surface area (Å²) >= 11 is 1.10. The molecule has 1 fully saturated rings. The van der Waals surface area contributed by atoms with Gasteiger partial charge in [0.2, 0.25) is 5.91 Å². The molecule has 1 saturated heterocycles. The van der Waals surface area contributed by atoms with E-state index in [2.05, 4.69) is 5.43 Å². The third-order valence-electron chi connectivity index (χ3n) is 5.01. The van der Waals surface area contributed by atoms with Gasteiger partial charge in [0.15, 0.2) is 0 Å². The molecule has 1 aliphatic heterocycles. The average molecular weight is 481 g/mol. The predicted octanol–water partition coefficient (Wildman–Crippen LogP) is 5.21. The fraction of sp³-hybridized carbons (Fsp3) is 0.350. The number of benzene rings is 2. The van der Waals surface area contributed by atoms with E-state index in [0.717, 1.165) is 28.8 Å². The molecule has 1 N–H and O–H groups in total. The lowest BCUT2D eigenvalue weighted by Crippen LogP contribution is -2.32. The highest BCUT2D eigenvalue weighted by Crippen LogP contribution is 2.44. The summed E-state index contributed by atoms with van der Waals surface area (Å²) in [5, 5.41) is 0.537. The molecule has 2 aromatic carbocycles. The van der Waals surface area contributed by atoms with E-state index < -0.39 is 52.6 Å². The van der Waals surface area contributed by atoms with Gasteiger partial charge in [0.25, 0.3) is 0 Å². The van der Waals surface area contributed by atoms with Gasteiger partial charge in [-0.15, -0.1) is 11.8 Å². The molecule has 1 heterocycles. The number of nitrogens with zero attached hydrogens (tertiary/aromatic N) is 2. The maximum absolute atomic E-state index is 13.8. The van der Waals surface area contributed by atoms with Crippen LogP contribution >= 0.6 is 11.8 Å². The number of amides is 1. The Bertz CT molecular complexity index is 992. The second-order valence-corrected chi connectivity index (χ2v) is 8.19. The van der Waals surface area contributed by atoms with Crippen molar-refractivity contribution in [2.75, 3.05) is 24.9 Å². The minimum Gasteiger partial charge on any atom is -0.315 e. The number of alkyl halides is 6. The third-order valence-corrected chi connectivity index (χ3v) is 6.19. The molecule has 2 aromatic rings. The van der Waals surface area contributed by atoms with Crippen molar-refractivity contribution in [1.29, 1.82) is 0 Å². The maximum atomic E-state index is 13.8. The second kappa shape index (κ2) is 8.91. The Morgan fingerprint density at radius 2 is 1.75 bits per heavy atom. The van der Waals surface area contributed by atoms with Crippen molar-refractivity contribution in [2.45, 2.75) is 24.1 Å². The molecule has 4 nitrogen and oxygen atoms in total. The molecule has 1 aliphatic rings. The Balaban J connectivity index is 2.11. The van der Waals surface area contributed by atoms with Gasteiger partial charge in [-0.2, -0.15) is 26.3 Å². The minimum atomic E-state index is -5.12. The van der Waals surface area contributed by atoms with Crippen LogP contribution in [0, 0.1) is 5.82 Å². The van der Waals surface area contributed by atoms with E-state index in [1.165, 1.54) is 31.2 Å². The van der Waals surface area contributed by atoms with Gasteiger partial charge in [0.05, 0.1) is 28.8 Å². The predicted molar refractivity (Wildman–Crippen MR) is 106 cm³/mol. The number of hydrazine groups is 1. The number of likely N-dealkylation sites (N-methyl/N-ethyl adjacent to an activating group) is 1. The van der Waals surface area contributed by atoms with Crippen molar-refractivity contribution in [3.05, 3.63) is 64.5 Å². The van der Waals surface area contributed by atoms with Crippen LogP contribution in [0.2, 0.25) is 0 Å². The van der Waals surface area contributed by atoms with Crippen LogP contribution in [-0.2, 0) is 23.6 Å². The summed E-state index contributed by atoms with van der Waals surface area (Å²) in [5.41, 5.74) is -0.675. The Morgan fingerprint density at radius 1 is 1.12 bits per heavy atom. The fourth-order valence-electron chi connectivity index (χ4n) is 3.32. The van der Waals surface area contributed by atoms with E-state index in [0.29, 0.717) is 6.07 Å². The van der Waals surface area contributed by atoms with Crippen molar-refractivity contribution < 1.29 is 35.5 Å². The molecule has 0 bridgehead atoms. The molecule has 0 radical (unpaired) electrons. The molecule has 0 aromatic heterocycles. The number of nitrogens with one attached hydrogen (secondary N) is 1. The SMILES string of the molecule is CN(C(=O)Cc1c(C2SCNN2C)cc(C(F)(F)F)cc1C(F)(F)F)c1ccc(F)cc1. The number of carbonyl (C=O) groups excluding carboxylic acids is 1. The number of carbonyl (C=O) groups is 1. The quantitative estimate of drug-likeness (QED) is 0.609. The molecule has 1 atom stereocenters. The Kier molecular flexibility index (Phi) is 6.78. The molecule has 32 heavy (non-hydrogen) atoms. The van der Waals surface area contributed by atoms with E-state index in [1.54, 1.807) is 0 Å². The van der Waals surface area contributed by atoms with Crippen LogP contribution in [-0.4, -0.2) is 30.9 Å². The van der Waals surface area contributed by atoms with Crippen LogP contribution in [0.3, 0.4) is 0 Å². The van der Waals surface area contributed by atoms with E-state index in [1.807, 2.05) is 0 Å². The van der Waals surface area contributed by atoms with Gasteiger partial charge in [0.1, 0.15) is 5.82 Å². The second-order valence-electron chi connectivity index (χ2n) is 7.13. The van der Waals surface area contributed by atoms with Crippen molar-refractivity contribution in [1.82, 2.24) is 10.4 Å². The fourth-order valence-corrected chi connectivity index (χ4v) is 4.44. The minimum absolute atomic E-state index is 0.0387. The summed E-state index contributed by atoms with van der Waals surface area (Å²) in [4.78, 5) is 13.8. The number of halogens is 7. The summed E-state index contributed by atoms with van der Waals surface area (Å²) in [7, 11) is 2.79. The van der Waals surface area contributed by atoms with Gasteiger partial charge >= 0.3 is 12.4 Å². The molecule has 174 valence electrons. The lowest BCUT2D eigenvalue weighted by Gasteiger charge is -2.26. The summed E-state index contributed by atoms with van der Waals surface area (Å²) in [6.07, 6.45) is -10.9. The largest absolute Gasteiger partial charge is 0.416 e. The standard InChI is InChI=1S/C20H18F7N3OS/c1-29(13-5-3-12(21)4-6-13)17(31)9-14-15(18-30(2)28-10-32-18)7-11(19(22,23)24)8-16(14)20(25,26)27/h3-8,18,28H,9-10H2,1-2H3. The Morgan fingerprint density at radius 3 is 2.25 bits per heavy atom. The van der Waals surface area contributed by atoms with Crippen LogP contribution in [0.25, 0.3) is 0 Å². The van der Waals surface area contributed by atoms with Gasteiger partial charge < -0.3 is 4.90 Å². The van der Waals surface area contributed by atoms with E-state index in [4.69, 9.17) is 0 Å². The smallest absolute Gasteiger partial charge is 0.315 e. The lowest BCUT2D eigenvalue weighted by molar-refractivity contribution is -0.143. The monoisotopic (exact) mass is 481 g/mol. The molecule has 0 aliphatic carbocycles. The summed E-state index contributed by atoms with van der Waals surface area (Å²) in [5.74, 6) is -1.07. The molecule has 3 rings (SSSR count). The van der Waals surface area contributed by atoms with E-state index >= 15 is 0 Å². The van der Waals surface area contributed by atoms with E-state index in [9.17, 15) is 35.5 Å². The summed E-state index contributed by atoms with van der Waals surface area (Å²) in [6, 6.07) is 5.42. The number of hydrogen-bond acceptors (Lipinski definition) is 4. The molecule has 0 spiro atoms. The molecular formula is C20H18F7N3OS. The zero-order chi connectivity index (χ0) is 23.8. The molecule has 1 unspecified atom stereocenters. The third kappa shape index (κ3) is 5.18. The highest BCUT2D eigenvalue weighted by Gasteiger charge is 2.42. The number of hydrogen-bond donors (Lipinski definition) is 1. The topological polar surface area (TPSA) is 35.6 Å². The molecular weight excluding hydrogens is 463 g/mol. The first-order chi connectivity index (χ1) is 14.8.